The Hall–Kier alpha value is -0.800. The van der Waals surface area contributed by atoms with Crippen LogP contribution < -0.4 is 4.72 Å². The van der Waals surface area contributed by atoms with Gasteiger partial charge in [0.05, 0.1) is 5.75 Å². The summed E-state index contributed by atoms with van der Waals surface area (Å²) in [6, 6.07) is 0. The molecule has 0 atom stereocenters. The van der Waals surface area contributed by atoms with Crippen molar-refractivity contribution in [3.63, 3.8) is 0 Å². The molecule has 1 N–H and O–H groups in total. The number of hydrogen-bond donors (Lipinski definition) is 1. The lowest BCUT2D eigenvalue weighted by Crippen LogP contribution is -2.19. The van der Waals surface area contributed by atoms with Crippen molar-refractivity contribution in [2.75, 3.05) is 10.5 Å². The van der Waals surface area contributed by atoms with Gasteiger partial charge in [0.25, 0.3) is 0 Å². The molecule has 0 spiro atoms. The van der Waals surface area contributed by atoms with Crippen LogP contribution in [-0.4, -0.2) is 30.3 Å². The molecule has 0 aromatic carbocycles. The molecule has 1 aromatic heterocycles. The third kappa shape index (κ3) is 5.79. The van der Waals surface area contributed by atoms with E-state index in [1.54, 1.807) is 0 Å². The molecule has 11 heteroatoms. The average molecular weight is 338 g/mol. The van der Waals surface area contributed by atoms with Gasteiger partial charge >= 0.3 is 6.18 Å². The number of rotatable bonds is 5. The molecular weight excluding hydrogens is 330 g/mol. The quantitative estimate of drug-likeness (QED) is 0.838. The van der Waals surface area contributed by atoms with Crippen molar-refractivity contribution in [1.29, 1.82) is 0 Å². The van der Waals surface area contributed by atoms with Gasteiger partial charge in [-0.05, 0) is 6.42 Å². The Morgan fingerprint density at radius 1 is 1.21 bits per heavy atom. The topological polar surface area (TPSA) is 72.0 Å². The van der Waals surface area contributed by atoms with Gasteiger partial charge in [-0.25, -0.2) is 18.4 Å². The van der Waals surface area contributed by atoms with E-state index in [1.165, 1.54) is 0 Å². The molecule has 108 valence electrons. The van der Waals surface area contributed by atoms with E-state index < -0.39 is 34.8 Å². The van der Waals surface area contributed by atoms with Gasteiger partial charge in [-0.15, -0.1) is 0 Å². The van der Waals surface area contributed by atoms with E-state index in [0.29, 0.717) is 0 Å². The van der Waals surface area contributed by atoms with Gasteiger partial charge in [0.1, 0.15) is 12.0 Å². The minimum absolute atomic E-state index is 0.237. The van der Waals surface area contributed by atoms with Gasteiger partial charge in [-0.3, -0.25) is 4.72 Å². The first kappa shape index (κ1) is 16.3. The molecule has 0 amide bonds. The largest absolute Gasteiger partial charge is 0.389 e. The van der Waals surface area contributed by atoms with Crippen molar-refractivity contribution in [2.45, 2.75) is 19.0 Å². The maximum atomic E-state index is 11.9. The van der Waals surface area contributed by atoms with Gasteiger partial charge in [0, 0.05) is 6.42 Å². The molecule has 19 heavy (non-hydrogen) atoms. The molecule has 0 bridgehead atoms. The van der Waals surface area contributed by atoms with Crippen molar-refractivity contribution >= 4 is 38.9 Å². The molecule has 1 rings (SSSR count). The fraction of sp³-hybridized carbons (Fsp3) is 0.500. The highest BCUT2D eigenvalue weighted by molar-refractivity contribution is 7.92. The minimum atomic E-state index is -4.40. The van der Waals surface area contributed by atoms with Crippen molar-refractivity contribution in [3.05, 3.63) is 16.6 Å². The summed E-state index contributed by atoms with van der Waals surface area (Å²) in [6.07, 6.45) is -5.14. The van der Waals surface area contributed by atoms with Crippen LogP contribution in [0.2, 0.25) is 10.3 Å². The van der Waals surface area contributed by atoms with Crippen molar-refractivity contribution in [3.8, 4) is 0 Å². The predicted octanol–water partition coefficient (Wildman–Crippen LogP) is 2.87. The summed E-state index contributed by atoms with van der Waals surface area (Å²) in [4.78, 5) is 7.01. The Morgan fingerprint density at radius 2 is 1.74 bits per heavy atom. The molecule has 0 fully saturated rings. The first-order valence-electron chi connectivity index (χ1n) is 4.84. The molecule has 0 radical (unpaired) electrons. The molecule has 0 saturated carbocycles. The highest BCUT2D eigenvalue weighted by Crippen LogP contribution is 2.27. The third-order valence-electron chi connectivity index (χ3n) is 1.89. The van der Waals surface area contributed by atoms with Crippen LogP contribution in [0.3, 0.4) is 0 Å². The summed E-state index contributed by atoms with van der Waals surface area (Å²) >= 11 is 11.2. The summed E-state index contributed by atoms with van der Waals surface area (Å²) in [5.41, 5.74) is -0.252. The van der Waals surface area contributed by atoms with E-state index in [2.05, 4.69) is 9.97 Å². The van der Waals surface area contributed by atoms with E-state index in [4.69, 9.17) is 23.2 Å². The highest BCUT2D eigenvalue weighted by Gasteiger charge is 2.27. The second kappa shape index (κ2) is 6.10. The zero-order valence-electron chi connectivity index (χ0n) is 9.21. The number of anilines is 1. The monoisotopic (exact) mass is 337 g/mol. The molecule has 0 saturated heterocycles. The standard InChI is InChI=1S/C8H8Cl2F3N3O2S/c9-6-5(7(10)15-4-14-6)16-19(17,18)3-1-2-8(11,12)13/h4,16H,1-3H2. The van der Waals surface area contributed by atoms with Gasteiger partial charge < -0.3 is 0 Å². The molecule has 5 nitrogen and oxygen atoms in total. The summed E-state index contributed by atoms with van der Waals surface area (Å²) in [6.45, 7) is 0. The lowest BCUT2D eigenvalue weighted by atomic mass is 10.3. The Balaban J connectivity index is 2.70. The zero-order valence-corrected chi connectivity index (χ0v) is 11.5. The Kier molecular flexibility index (Phi) is 5.22. The Morgan fingerprint density at radius 3 is 2.21 bits per heavy atom. The van der Waals surface area contributed by atoms with E-state index in [9.17, 15) is 21.6 Å². The van der Waals surface area contributed by atoms with Crippen molar-refractivity contribution < 1.29 is 21.6 Å². The smallest absolute Gasteiger partial charge is 0.278 e. The number of halogens is 5. The summed E-state index contributed by atoms with van der Waals surface area (Å²) < 4.78 is 60.8. The van der Waals surface area contributed by atoms with Crippen LogP contribution in [-0.2, 0) is 10.0 Å². The van der Waals surface area contributed by atoms with Crippen LogP contribution in [0.15, 0.2) is 6.33 Å². The minimum Gasteiger partial charge on any atom is -0.278 e. The highest BCUT2D eigenvalue weighted by atomic mass is 35.5. The number of nitrogens with one attached hydrogen (secondary N) is 1. The van der Waals surface area contributed by atoms with Crippen LogP contribution in [0.1, 0.15) is 12.8 Å². The maximum absolute atomic E-state index is 11.9. The van der Waals surface area contributed by atoms with E-state index in [0.717, 1.165) is 6.33 Å². The van der Waals surface area contributed by atoms with Crippen molar-refractivity contribution in [1.82, 2.24) is 9.97 Å². The molecule has 0 aliphatic carbocycles. The van der Waals surface area contributed by atoms with Gasteiger partial charge in [-0.2, -0.15) is 13.2 Å². The van der Waals surface area contributed by atoms with Crippen LogP contribution >= 0.6 is 23.2 Å². The van der Waals surface area contributed by atoms with Crippen molar-refractivity contribution in [2.24, 2.45) is 0 Å². The molecule has 1 aromatic rings. The fourth-order valence-electron chi connectivity index (χ4n) is 1.10. The number of aromatic nitrogens is 2. The molecule has 1 heterocycles. The number of alkyl halides is 3. The number of hydrogen-bond acceptors (Lipinski definition) is 4. The second-order valence-corrected chi connectivity index (χ2v) is 6.03. The molecule has 0 aliphatic heterocycles. The predicted molar refractivity (Wildman–Crippen MR) is 64.8 cm³/mol. The Bertz CT molecular complexity index is 530. The first-order valence-corrected chi connectivity index (χ1v) is 7.25. The fourth-order valence-corrected chi connectivity index (χ4v) is 2.75. The lowest BCUT2D eigenvalue weighted by Gasteiger charge is -2.10. The molecular formula is C8H8Cl2F3N3O2S. The van der Waals surface area contributed by atoms with Crippen LogP contribution in [0.4, 0.5) is 18.9 Å². The molecule has 0 aliphatic rings. The van der Waals surface area contributed by atoms with E-state index in [1.807, 2.05) is 4.72 Å². The van der Waals surface area contributed by atoms with Crippen LogP contribution in [0.25, 0.3) is 0 Å². The number of nitrogens with zero attached hydrogens (tertiary/aromatic N) is 2. The summed E-state index contributed by atoms with van der Waals surface area (Å²) in [5.74, 6) is -0.714. The van der Waals surface area contributed by atoms with Crippen LogP contribution in [0, 0.1) is 0 Å². The maximum Gasteiger partial charge on any atom is 0.389 e. The third-order valence-corrected chi connectivity index (χ3v) is 3.80. The Labute approximate surface area is 117 Å². The van der Waals surface area contributed by atoms with Crippen LogP contribution in [0.5, 0.6) is 0 Å². The second-order valence-electron chi connectivity index (χ2n) is 3.47. The number of sulfonamides is 1. The summed E-state index contributed by atoms with van der Waals surface area (Å²) in [5, 5.41) is -0.473. The normalized spacial score (nSPS) is 12.5. The van der Waals surface area contributed by atoms with E-state index >= 15 is 0 Å². The first-order chi connectivity index (χ1) is 8.61. The SMILES string of the molecule is O=S(=O)(CCCC(F)(F)F)Nc1c(Cl)ncnc1Cl. The van der Waals surface area contributed by atoms with Gasteiger partial charge in [0.2, 0.25) is 10.0 Å². The van der Waals surface area contributed by atoms with E-state index in [-0.39, 0.29) is 16.0 Å². The molecule has 0 unspecified atom stereocenters. The average Bonchev–Trinajstić information content (AvgIpc) is 2.21. The van der Waals surface area contributed by atoms with Gasteiger partial charge in [0.15, 0.2) is 10.3 Å². The zero-order chi connectivity index (χ0) is 14.7. The lowest BCUT2D eigenvalue weighted by molar-refractivity contribution is -0.134. The van der Waals surface area contributed by atoms with Gasteiger partial charge in [-0.1, -0.05) is 23.2 Å². The summed E-state index contributed by atoms with van der Waals surface area (Å²) in [7, 11) is -4.00.